The molecule has 0 radical (unpaired) electrons. The number of nitrogens with zero attached hydrogens (tertiary/aromatic N) is 1. The van der Waals surface area contributed by atoms with Gasteiger partial charge in [-0.3, -0.25) is 9.10 Å². The predicted molar refractivity (Wildman–Crippen MR) is 97.6 cm³/mol. The molecule has 1 N–H and O–H groups in total. The first-order valence-corrected chi connectivity index (χ1v) is 10.4. The fraction of sp³-hybridized carbons (Fsp3) is 0.353. The number of sulfonamides is 1. The maximum absolute atomic E-state index is 13.0. The summed E-state index contributed by atoms with van der Waals surface area (Å²) in [4.78, 5) is 12.6. The Balaban J connectivity index is 1.70. The average Bonchev–Trinajstić information content (AvgIpc) is 3.31. The van der Waals surface area contributed by atoms with Crippen molar-refractivity contribution in [3.8, 4) is 0 Å². The number of nitrogens with one attached hydrogen (secondary N) is 1. The van der Waals surface area contributed by atoms with Crippen molar-refractivity contribution in [1.82, 2.24) is 5.32 Å². The van der Waals surface area contributed by atoms with E-state index in [1.165, 1.54) is 42.8 Å². The summed E-state index contributed by atoms with van der Waals surface area (Å²) in [7, 11) is -2.45. The third-order valence-electron chi connectivity index (χ3n) is 4.16. The number of hydrogen-bond donors (Lipinski definition) is 1. The molecule has 1 aromatic carbocycles. The van der Waals surface area contributed by atoms with Gasteiger partial charge in [-0.15, -0.1) is 11.3 Å². The molecule has 0 bridgehead atoms. The number of benzene rings is 1. The third kappa shape index (κ3) is 4.05. The van der Waals surface area contributed by atoms with Gasteiger partial charge in [0.2, 0.25) is 0 Å². The number of anilines is 1. The van der Waals surface area contributed by atoms with Crippen molar-refractivity contribution < 1.29 is 22.3 Å². The molecule has 3 rings (SSSR count). The Morgan fingerprint density at radius 2 is 2.12 bits per heavy atom. The van der Waals surface area contributed by atoms with Gasteiger partial charge in [0.1, 0.15) is 5.82 Å². The normalized spacial score (nSPS) is 17.2. The quantitative estimate of drug-likeness (QED) is 0.812. The van der Waals surface area contributed by atoms with Crippen LogP contribution < -0.4 is 9.62 Å². The van der Waals surface area contributed by atoms with Crippen molar-refractivity contribution in [3.63, 3.8) is 0 Å². The molecule has 1 saturated heterocycles. The van der Waals surface area contributed by atoms with Crippen LogP contribution in [0.5, 0.6) is 0 Å². The van der Waals surface area contributed by atoms with E-state index in [0.717, 1.165) is 28.5 Å². The van der Waals surface area contributed by atoms with Crippen molar-refractivity contribution >= 4 is 33.0 Å². The zero-order valence-corrected chi connectivity index (χ0v) is 15.8. The molecule has 6 nitrogen and oxygen atoms in total. The molecule has 1 fully saturated rings. The van der Waals surface area contributed by atoms with Crippen LogP contribution in [0.2, 0.25) is 0 Å². The Morgan fingerprint density at radius 1 is 1.38 bits per heavy atom. The molecular weight excluding hydrogens is 379 g/mol. The summed E-state index contributed by atoms with van der Waals surface area (Å²) in [6.45, 7) is 1.12. The number of thiophene rings is 1. The van der Waals surface area contributed by atoms with Crippen molar-refractivity contribution in [3.05, 3.63) is 46.4 Å². The molecule has 9 heteroatoms. The molecule has 2 aromatic rings. The van der Waals surface area contributed by atoms with Crippen LogP contribution in [0.4, 0.5) is 10.1 Å². The number of halogens is 1. The molecule has 1 aliphatic heterocycles. The Morgan fingerprint density at radius 3 is 2.77 bits per heavy atom. The minimum atomic E-state index is -3.83. The summed E-state index contributed by atoms with van der Waals surface area (Å²) >= 11 is 1.06. The zero-order valence-electron chi connectivity index (χ0n) is 14.1. The highest BCUT2D eigenvalue weighted by Crippen LogP contribution is 2.26. The van der Waals surface area contributed by atoms with Gasteiger partial charge in [0.15, 0.2) is 0 Å². The summed E-state index contributed by atoms with van der Waals surface area (Å²) in [6, 6.07) is 6.51. The van der Waals surface area contributed by atoms with E-state index < -0.39 is 15.8 Å². The van der Waals surface area contributed by atoms with Crippen molar-refractivity contribution in [2.75, 3.05) is 24.5 Å². The molecule has 1 amide bonds. The number of amides is 1. The highest BCUT2D eigenvalue weighted by Gasteiger charge is 2.24. The van der Waals surface area contributed by atoms with Crippen LogP contribution in [0.1, 0.15) is 22.5 Å². The lowest BCUT2D eigenvalue weighted by Gasteiger charge is -2.18. The summed E-state index contributed by atoms with van der Waals surface area (Å²) < 4.78 is 44.9. The molecule has 26 heavy (non-hydrogen) atoms. The highest BCUT2D eigenvalue weighted by atomic mass is 32.2. The summed E-state index contributed by atoms with van der Waals surface area (Å²) in [5.74, 6) is -0.767. The van der Waals surface area contributed by atoms with Crippen LogP contribution in [-0.2, 0) is 14.8 Å². The van der Waals surface area contributed by atoms with Crippen molar-refractivity contribution in [2.24, 2.45) is 0 Å². The maximum atomic E-state index is 13.0. The van der Waals surface area contributed by atoms with Crippen molar-refractivity contribution in [1.29, 1.82) is 0 Å². The van der Waals surface area contributed by atoms with E-state index in [9.17, 15) is 17.6 Å². The first-order valence-electron chi connectivity index (χ1n) is 8.11. The van der Waals surface area contributed by atoms with E-state index in [4.69, 9.17) is 4.74 Å². The van der Waals surface area contributed by atoms with Gasteiger partial charge in [-0.1, -0.05) is 0 Å². The molecule has 0 saturated carbocycles. The first kappa shape index (κ1) is 18.8. The summed E-state index contributed by atoms with van der Waals surface area (Å²) in [5, 5.41) is 4.20. The molecule has 2 heterocycles. The van der Waals surface area contributed by atoms with Crippen LogP contribution in [0.3, 0.4) is 0 Å². The van der Waals surface area contributed by atoms with Gasteiger partial charge in [-0.05, 0) is 43.2 Å². The van der Waals surface area contributed by atoms with E-state index in [1.807, 2.05) is 0 Å². The maximum Gasteiger partial charge on any atom is 0.264 e. The number of hydrogen-bond acceptors (Lipinski definition) is 5. The van der Waals surface area contributed by atoms with E-state index in [1.54, 1.807) is 0 Å². The van der Waals surface area contributed by atoms with Gasteiger partial charge in [0, 0.05) is 25.6 Å². The Hall–Kier alpha value is -1.97. The molecule has 1 aliphatic rings. The van der Waals surface area contributed by atoms with Gasteiger partial charge < -0.3 is 10.1 Å². The van der Waals surface area contributed by atoms with Crippen molar-refractivity contribution in [2.45, 2.75) is 23.8 Å². The molecule has 1 aromatic heterocycles. The smallest absolute Gasteiger partial charge is 0.264 e. The van der Waals surface area contributed by atoms with Crippen LogP contribution >= 0.6 is 11.3 Å². The average molecular weight is 398 g/mol. The minimum absolute atomic E-state index is 0.0201. The molecular formula is C17H19FN2O4S2. The highest BCUT2D eigenvalue weighted by molar-refractivity contribution is 7.93. The van der Waals surface area contributed by atoms with Gasteiger partial charge in [-0.25, -0.2) is 12.8 Å². The fourth-order valence-corrected chi connectivity index (χ4v) is 4.99. The third-order valence-corrected chi connectivity index (χ3v) is 7.00. The SMILES string of the molecule is CN(c1ccc(F)cc1)S(=O)(=O)c1csc(C(=O)NC[C@@H]2CCCO2)c1. The topological polar surface area (TPSA) is 75.7 Å². The lowest BCUT2D eigenvalue weighted by molar-refractivity contribution is 0.0861. The second-order valence-electron chi connectivity index (χ2n) is 5.94. The second-order valence-corrected chi connectivity index (χ2v) is 8.82. The lowest BCUT2D eigenvalue weighted by atomic mass is 10.2. The standard InChI is InChI=1S/C17H19FN2O4S2/c1-20(13-6-4-12(18)5-7-13)26(22,23)15-9-16(25-11-15)17(21)19-10-14-3-2-8-24-14/h4-7,9,11,14H,2-3,8,10H2,1H3,(H,19,21)/t14-/m0/s1. The molecule has 140 valence electrons. The zero-order chi connectivity index (χ0) is 18.7. The first-order chi connectivity index (χ1) is 12.4. The van der Waals surface area contributed by atoms with Gasteiger partial charge in [0.05, 0.1) is 21.6 Å². The van der Waals surface area contributed by atoms with E-state index in [2.05, 4.69) is 5.32 Å². The molecule has 0 aliphatic carbocycles. The Bertz CT molecular complexity index is 874. The largest absolute Gasteiger partial charge is 0.376 e. The fourth-order valence-electron chi connectivity index (χ4n) is 2.62. The Kier molecular flexibility index (Phi) is 5.59. The predicted octanol–water partition coefficient (Wildman–Crippen LogP) is 2.62. The van der Waals surface area contributed by atoms with Crippen LogP contribution in [0.25, 0.3) is 0 Å². The lowest BCUT2D eigenvalue weighted by Crippen LogP contribution is -2.31. The van der Waals surface area contributed by atoms with E-state index in [0.29, 0.717) is 23.7 Å². The number of carbonyl (C=O) groups excluding carboxylic acids is 1. The minimum Gasteiger partial charge on any atom is -0.376 e. The van der Waals surface area contributed by atoms with Gasteiger partial charge in [0.25, 0.3) is 15.9 Å². The van der Waals surface area contributed by atoms with Gasteiger partial charge in [-0.2, -0.15) is 0 Å². The van der Waals surface area contributed by atoms with Crippen LogP contribution in [0.15, 0.2) is 40.6 Å². The molecule has 1 atom stereocenters. The van der Waals surface area contributed by atoms with Gasteiger partial charge >= 0.3 is 0 Å². The summed E-state index contributed by atoms with van der Waals surface area (Å²) in [6.07, 6.45) is 1.91. The molecule has 0 spiro atoms. The summed E-state index contributed by atoms with van der Waals surface area (Å²) in [5.41, 5.74) is 0.335. The number of ether oxygens (including phenoxy) is 1. The van der Waals surface area contributed by atoms with E-state index in [-0.39, 0.29) is 16.9 Å². The van der Waals surface area contributed by atoms with Crippen LogP contribution in [0, 0.1) is 5.82 Å². The monoisotopic (exact) mass is 398 g/mol. The number of carbonyl (C=O) groups is 1. The molecule has 0 unspecified atom stereocenters. The number of rotatable bonds is 6. The van der Waals surface area contributed by atoms with Crippen LogP contribution in [-0.4, -0.2) is 40.6 Å². The second kappa shape index (κ2) is 7.73. The Labute approximate surface area is 155 Å². The van der Waals surface area contributed by atoms with E-state index >= 15 is 0 Å².